The van der Waals surface area contributed by atoms with Crippen LogP contribution < -0.4 is 4.13 Å². The molecule has 0 aliphatic rings. The van der Waals surface area contributed by atoms with E-state index in [0.29, 0.717) is 6.07 Å². The van der Waals surface area contributed by atoms with Crippen molar-refractivity contribution in [2.75, 3.05) is 0 Å². The summed E-state index contributed by atoms with van der Waals surface area (Å²) < 4.78 is 188. The summed E-state index contributed by atoms with van der Waals surface area (Å²) in [6.07, 6.45) is 0. The number of nitrogens with one attached hydrogen (secondary N) is 1. The Hall–Kier alpha value is -2.26. The van der Waals surface area contributed by atoms with E-state index in [-0.39, 0.29) is 28.4 Å². The zero-order valence-corrected chi connectivity index (χ0v) is 18.9. The lowest BCUT2D eigenvalue weighted by atomic mass is 10.3. The fourth-order valence-corrected chi connectivity index (χ4v) is 8.14. The van der Waals surface area contributed by atoms with Gasteiger partial charge in [-0.1, -0.05) is 16.3 Å². The highest BCUT2D eigenvalue weighted by Crippen LogP contribution is 2.45. The molecule has 0 bridgehead atoms. The molecule has 2 rings (SSSR count). The van der Waals surface area contributed by atoms with E-state index in [1.54, 1.807) is 0 Å². The molecule has 0 saturated heterocycles. The van der Waals surface area contributed by atoms with Gasteiger partial charge in [-0.2, -0.15) is 26.0 Å². The van der Waals surface area contributed by atoms with Crippen LogP contribution in [0.3, 0.4) is 0 Å². The minimum atomic E-state index is -7.27. The van der Waals surface area contributed by atoms with E-state index in [2.05, 4.69) is 0 Å². The van der Waals surface area contributed by atoms with Crippen molar-refractivity contribution in [3.8, 4) is 0 Å². The lowest BCUT2D eigenvalue weighted by Gasteiger charge is -2.26. The molecule has 2 aromatic carbocycles. The first-order chi connectivity index (χ1) is 15.1. The van der Waals surface area contributed by atoms with Crippen molar-refractivity contribution in [3.63, 3.8) is 0 Å². The first-order valence-electron chi connectivity index (χ1n) is 7.89. The Morgan fingerprint density at radius 3 is 1.68 bits per heavy atom. The van der Waals surface area contributed by atoms with E-state index in [1.165, 1.54) is 0 Å². The molecule has 34 heavy (non-hydrogen) atoms. The summed E-state index contributed by atoms with van der Waals surface area (Å²) in [5.41, 5.74) is 0. The molecule has 0 aliphatic heterocycles. The zero-order valence-electron chi connectivity index (χ0n) is 15.7. The number of benzene rings is 2. The van der Waals surface area contributed by atoms with E-state index in [1.807, 2.05) is 0 Å². The molecule has 0 heterocycles. The lowest BCUT2D eigenvalue weighted by molar-refractivity contribution is -0.0970. The number of sulfone groups is 1. The summed E-state index contributed by atoms with van der Waals surface area (Å²) in [7, 11) is -25.7. The Labute approximate surface area is 188 Å². The Morgan fingerprint density at radius 2 is 1.21 bits per heavy atom. The highest BCUT2D eigenvalue weighted by atomic mass is 32.3. The van der Waals surface area contributed by atoms with Crippen LogP contribution in [0.25, 0.3) is 0 Å². The summed E-state index contributed by atoms with van der Waals surface area (Å²) in [6.45, 7) is 0. The normalized spacial score (nSPS) is 14.2. The molecule has 0 amide bonds. The quantitative estimate of drug-likeness (QED) is 0.268. The summed E-state index contributed by atoms with van der Waals surface area (Å²) >= 11 is 0. The van der Waals surface area contributed by atoms with Gasteiger partial charge in [-0.25, -0.2) is 34.0 Å². The fourth-order valence-electron chi connectivity index (χ4n) is 2.27. The van der Waals surface area contributed by atoms with E-state index in [9.17, 15) is 60.0 Å². The second kappa shape index (κ2) is 8.45. The van der Waals surface area contributed by atoms with Crippen molar-refractivity contribution in [1.29, 1.82) is 0 Å². The van der Waals surface area contributed by atoms with Crippen molar-refractivity contribution in [2.45, 2.75) is 25.2 Å². The molecule has 0 unspecified atom stereocenters. The highest BCUT2D eigenvalue weighted by molar-refractivity contribution is 8.06. The van der Waals surface area contributed by atoms with Crippen LogP contribution in [0.4, 0.5) is 26.3 Å². The maximum atomic E-state index is 14.3. The molecule has 0 spiro atoms. The maximum Gasteiger partial charge on any atom is 0.436 e. The van der Waals surface area contributed by atoms with Gasteiger partial charge in [0.25, 0.3) is 40.0 Å². The highest BCUT2D eigenvalue weighted by Gasteiger charge is 2.74. The van der Waals surface area contributed by atoms with Crippen molar-refractivity contribution in [3.05, 3.63) is 54.1 Å². The van der Waals surface area contributed by atoms with Gasteiger partial charge in [0.1, 0.15) is 26.3 Å². The third-order valence-corrected chi connectivity index (χ3v) is 10.5. The Bertz CT molecular complexity index is 1570. The Kier molecular flexibility index (Phi) is 6.95. The molecule has 0 aliphatic carbocycles. The van der Waals surface area contributed by atoms with Crippen molar-refractivity contribution >= 4 is 40.0 Å². The van der Waals surface area contributed by atoms with Crippen molar-refractivity contribution < 1.29 is 64.6 Å². The van der Waals surface area contributed by atoms with Gasteiger partial charge in [0, 0.05) is 6.07 Å². The first-order valence-corrected chi connectivity index (χ1v) is 13.8. The van der Waals surface area contributed by atoms with Crippen molar-refractivity contribution in [2.24, 2.45) is 0 Å². The van der Waals surface area contributed by atoms with Gasteiger partial charge >= 0.3 is 10.5 Å². The van der Waals surface area contributed by atoms with Gasteiger partial charge in [0.05, 0.1) is 0 Å². The van der Waals surface area contributed by atoms with E-state index < -0.39 is 76.8 Å². The number of hydrogen-bond donors (Lipinski definition) is 2. The topological polar surface area (TPSA) is 169 Å². The lowest BCUT2D eigenvalue weighted by Crippen LogP contribution is -2.56. The van der Waals surface area contributed by atoms with Gasteiger partial charge in [0.2, 0.25) is 0 Å². The number of halogens is 6. The van der Waals surface area contributed by atoms with E-state index in [4.69, 9.17) is 4.55 Å². The molecule has 0 aromatic heterocycles. The molecule has 0 atom stereocenters. The molecular formula is C14H9F6NO9S4. The number of alkyl halides is 4. The summed E-state index contributed by atoms with van der Waals surface area (Å²) in [6, 6.07) is 1.78. The van der Waals surface area contributed by atoms with Crippen molar-refractivity contribution in [1.82, 2.24) is 4.13 Å². The Balaban J connectivity index is 2.64. The molecule has 0 saturated carbocycles. The average molecular weight is 577 g/mol. The summed E-state index contributed by atoms with van der Waals surface area (Å²) in [5.74, 6) is -3.81. The number of sulfonamides is 2. The third-order valence-electron chi connectivity index (χ3n) is 3.83. The molecule has 10 nitrogen and oxygen atoms in total. The second-order valence-corrected chi connectivity index (χ2v) is 13.1. The van der Waals surface area contributed by atoms with Crippen LogP contribution in [-0.2, 0) is 40.0 Å². The van der Waals surface area contributed by atoms with E-state index in [0.717, 1.165) is 12.1 Å². The summed E-state index contributed by atoms with van der Waals surface area (Å²) in [4.78, 5) is -5.48. The molecular weight excluding hydrogens is 568 g/mol. The molecule has 0 fully saturated rings. The standard InChI is InChI=1S/C14H9F6NO9S4/c15-8-5-6-10(9(16)7-8)31(22,23)13(17,18)14(19,20)34(29,30)21-32(24,25)11-3-1-2-4-12(11)33(26,27)28/h1-7,21H,(H,26,27,28). The van der Waals surface area contributed by atoms with Crippen LogP contribution in [0.5, 0.6) is 0 Å². The summed E-state index contributed by atoms with van der Waals surface area (Å²) in [5, 5.41) is -13.6. The molecule has 2 N–H and O–H groups in total. The SMILES string of the molecule is O=S(=O)(O)c1ccccc1S(=O)(=O)NS(=O)(=O)C(F)(F)C(F)(F)S(=O)(=O)c1ccc(F)cc1F. The molecule has 20 heteroatoms. The van der Waals surface area contributed by atoms with Gasteiger partial charge in [-0.05, 0) is 24.3 Å². The number of rotatable bonds is 8. The predicted molar refractivity (Wildman–Crippen MR) is 98.9 cm³/mol. The maximum absolute atomic E-state index is 14.3. The van der Waals surface area contributed by atoms with E-state index >= 15 is 0 Å². The van der Waals surface area contributed by atoms with Crippen LogP contribution in [0, 0.1) is 11.6 Å². The second-order valence-electron chi connectivity index (χ2n) is 6.12. The number of hydrogen-bond acceptors (Lipinski definition) is 8. The monoisotopic (exact) mass is 577 g/mol. The van der Waals surface area contributed by atoms with Crippen LogP contribution >= 0.6 is 0 Å². The minimum Gasteiger partial charge on any atom is -0.282 e. The van der Waals surface area contributed by atoms with Crippen LogP contribution in [0.1, 0.15) is 0 Å². The van der Waals surface area contributed by atoms with Gasteiger partial charge in [-0.15, -0.1) is 0 Å². The smallest absolute Gasteiger partial charge is 0.282 e. The molecule has 2 aromatic rings. The first kappa shape index (κ1) is 28.0. The van der Waals surface area contributed by atoms with Crippen LogP contribution in [-0.4, -0.2) is 48.7 Å². The average Bonchev–Trinajstić information content (AvgIpc) is 2.65. The minimum absolute atomic E-state index is 0.0758. The molecule has 0 radical (unpaired) electrons. The Morgan fingerprint density at radius 1 is 0.706 bits per heavy atom. The van der Waals surface area contributed by atoms with Crippen LogP contribution in [0.2, 0.25) is 0 Å². The predicted octanol–water partition coefficient (Wildman–Crippen LogP) is 1.48. The largest absolute Gasteiger partial charge is 0.436 e. The molecule has 190 valence electrons. The van der Waals surface area contributed by atoms with Crippen LogP contribution in [0.15, 0.2) is 57.2 Å². The van der Waals surface area contributed by atoms with Gasteiger partial charge in [-0.3, -0.25) is 4.55 Å². The third kappa shape index (κ3) is 4.64. The fraction of sp³-hybridized carbons (Fsp3) is 0.143. The van der Waals surface area contributed by atoms with Gasteiger partial charge in [0.15, 0.2) is 0 Å². The van der Waals surface area contributed by atoms with Gasteiger partial charge < -0.3 is 0 Å². The zero-order chi connectivity index (χ0) is 26.5.